The predicted molar refractivity (Wildman–Crippen MR) is 73.3 cm³/mol. The van der Waals surface area contributed by atoms with Crippen LogP contribution in [0.15, 0.2) is 33.9 Å². The van der Waals surface area contributed by atoms with Crippen molar-refractivity contribution < 1.29 is 22.7 Å². The van der Waals surface area contributed by atoms with Crippen LogP contribution in [0.1, 0.15) is 21.5 Å². The van der Waals surface area contributed by atoms with Crippen LogP contribution < -0.4 is 0 Å². The second-order valence-electron chi connectivity index (χ2n) is 4.28. The molecule has 106 valence electrons. The van der Waals surface area contributed by atoms with Gasteiger partial charge in [0.25, 0.3) is 0 Å². The minimum absolute atomic E-state index is 0.0646. The molecule has 4 nitrogen and oxygen atoms in total. The van der Waals surface area contributed by atoms with Crippen LogP contribution in [0.5, 0.6) is 0 Å². The van der Waals surface area contributed by atoms with Crippen molar-refractivity contribution in [3.8, 4) is 0 Å². The molecule has 0 unspecified atom stereocenters. The molecule has 0 aliphatic rings. The van der Waals surface area contributed by atoms with Crippen molar-refractivity contribution in [3.63, 3.8) is 0 Å². The summed E-state index contributed by atoms with van der Waals surface area (Å²) in [6, 6.07) is 3.48. The van der Waals surface area contributed by atoms with Gasteiger partial charge in [-0.3, -0.25) is 0 Å². The van der Waals surface area contributed by atoms with E-state index in [0.29, 0.717) is 5.56 Å². The highest BCUT2D eigenvalue weighted by Gasteiger charge is 2.22. The first kappa shape index (κ1) is 14.7. The van der Waals surface area contributed by atoms with E-state index in [1.807, 2.05) is 0 Å². The quantitative estimate of drug-likeness (QED) is 0.942. The second kappa shape index (κ2) is 5.34. The van der Waals surface area contributed by atoms with Gasteiger partial charge in [-0.25, -0.2) is 17.6 Å². The smallest absolute Gasteiger partial charge is 0.335 e. The number of carboxylic acids is 1. The summed E-state index contributed by atoms with van der Waals surface area (Å²) < 4.78 is 38.3. The van der Waals surface area contributed by atoms with Crippen LogP contribution in [0.2, 0.25) is 0 Å². The fourth-order valence-electron chi connectivity index (χ4n) is 1.77. The number of thiophene rings is 1. The normalized spacial score (nSPS) is 11.5. The molecule has 0 bridgehead atoms. The number of sulfone groups is 1. The molecule has 0 aliphatic carbocycles. The molecule has 1 aromatic carbocycles. The fourth-order valence-corrected chi connectivity index (χ4v) is 4.19. The molecule has 0 aliphatic heterocycles. The minimum Gasteiger partial charge on any atom is -0.478 e. The molecule has 0 radical (unpaired) electrons. The van der Waals surface area contributed by atoms with E-state index >= 15 is 0 Å². The number of rotatable bonds is 4. The average molecular weight is 314 g/mol. The lowest BCUT2D eigenvalue weighted by atomic mass is 10.1. The van der Waals surface area contributed by atoms with Crippen LogP contribution in [-0.4, -0.2) is 19.5 Å². The van der Waals surface area contributed by atoms with Crippen LogP contribution in [0, 0.1) is 12.7 Å². The van der Waals surface area contributed by atoms with Gasteiger partial charge in [-0.2, -0.15) is 11.3 Å². The Bertz CT molecular complexity index is 749. The SMILES string of the molecule is Cc1c(F)cc(C(=O)O)cc1S(=O)(=O)Cc1ccsc1. The summed E-state index contributed by atoms with van der Waals surface area (Å²) in [6.07, 6.45) is 0. The molecule has 0 atom stereocenters. The lowest BCUT2D eigenvalue weighted by Crippen LogP contribution is -2.10. The predicted octanol–water partition coefficient (Wildman–Crippen LogP) is 2.87. The highest BCUT2D eigenvalue weighted by atomic mass is 32.2. The molecule has 2 aromatic rings. The summed E-state index contributed by atoms with van der Waals surface area (Å²) in [5, 5.41) is 12.3. The zero-order valence-electron chi connectivity index (χ0n) is 10.5. The van der Waals surface area contributed by atoms with Gasteiger partial charge in [-0.05, 0) is 41.4 Å². The summed E-state index contributed by atoms with van der Waals surface area (Å²) in [5.74, 6) is -2.48. The van der Waals surface area contributed by atoms with E-state index in [4.69, 9.17) is 5.11 Å². The standard InChI is InChI=1S/C13H11FO4S2/c1-8-11(14)4-10(13(15)16)5-12(8)20(17,18)7-9-2-3-19-6-9/h2-6H,7H2,1H3,(H,15,16). The van der Waals surface area contributed by atoms with Crippen molar-refractivity contribution in [2.75, 3.05) is 0 Å². The first-order valence-electron chi connectivity index (χ1n) is 5.58. The van der Waals surface area contributed by atoms with Gasteiger partial charge in [-0.15, -0.1) is 0 Å². The van der Waals surface area contributed by atoms with Crippen LogP contribution in [0.25, 0.3) is 0 Å². The Labute approximate surface area is 119 Å². The van der Waals surface area contributed by atoms with E-state index in [1.54, 1.807) is 16.8 Å². The first-order valence-corrected chi connectivity index (χ1v) is 8.18. The van der Waals surface area contributed by atoms with E-state index in [1.165, 1.54) is 18.3 Å². The molecule has 0 saturated heterocycles. The molecule has 0 spiro atoms. The van der Waals surface area contributed by atoms with Gasteiger partial charge in [0.1, 0.15) is 5.82 Å². The second-order valence-corrected chi connectivity index (χ2v) is 7.02. The Hall–Kier alpha value is -1.73. The van der Waals surface area contributed by atoms with Crippen molar-refractivity contribution in [1.29, 1.82) is 0 Å². The molecule has 1 N–H and O–H groups in total. The molecular formula is C13H11FO4S2. The molecule has 1 heterocycles. The van der Waals surface area contributed by atoms with Crippen molar-refractivity contribution >= 4 is 27.1 Å². The summed E-state index contributed by atoms with van der Waals surface area (Å²) >= 11 is 1.36. The van der Waals surface area contributed by atoms with Crippen LogP contribution >= 0.6 is 11.3 Å². The van der Waals surface area contributed by atoms with E-state index in [0.717, 1.165) is 12.1 Å². The van der Waals surface area contributed by atoms with E-state index < -0.39 is 21.6 Å². The Morgan fingerprint density at radius 2 is 2.10 bits per heavy atom. The zero-order chi connectivity index (χ0) is 14.9. The van der Waals surface area contributed by atoms with Crippen LogP contribution in [0.3, 0.4) is 0 Å². The summed E-state index contributed by atoms with van der Waals surface area (Å²) in [6.45, 7) is 1.32. The van der Waals surface area contributed by atoms with Crippen molar-refractivity contribution in [1.82, 2.24) is 0 Å². The highest BCUT2D eigenvalue weighted by Crippen LogP contribution is 2.24. The summed E-state index contributed by atoms with van der Waals surface area (Å²) in [7, 11) is -3.79. The summed E-state index contributed by atoms with van der Waals surface area (Å²) in [5.41, 5.74) is 0.151. The third-order valence-electron chi connectivity index (χ3n) is 2.82. The lowest BCUT2D eigenvalue weighted by Gasteiger charge is -2.09. The maximum Gasteiger partial charge on any atom is 0.335 e. The Morgan fingerprint density at radius 3 is 2.65 bits per heavy atom. The largest absolute Gasteiger partial charge is 0.478 e. The number of hydrogen-bond donors (Lipinski definition) is 1. The first-order chi connectivity index (χ1) is 9.31. The van der Waals surface area contributed by atoms with Gasteiger partial charge < -0.3 is 5.11 Å². The maximum atomic E-state index is 13.7. The molecule has 7 heteroatoms. The number of benzene rings is 1. The zero-order valence-corrected chi connectivity index (χ0v) is 12.1. The van der Waals surface area contributed by atoms with Gasteiger partial charge >= 0.3 is 5.97 Å². The van der Waals surface area contributed by atoms with E-state index in [-0.39, 0.29) is 21.8 Å². The molecular weight excluding hydrogens is 303 g/mol. The van der Waals surface area contributed by atoms with Gasteiger partial charge in [-0.1, -0.05) is 0 Å². The third-order valence-corrected chi connectivity index (χ3v) is 5.36. The topological polar surface area (TPSA) is 71.4 Å². The maximum absolute atomic E-state index is 13.7. The lowest BCUT2D eigenvalue weighted by molar-refractivity contribution is 0.0696. The van der Waals surface area contributed by atoms with Gasteiger partial charge in [0, 0.05) is 5.56 Å². The number of halogens is 1. The monoisotopic (exact) mass is 314 g/mol. The molecule has 0 amide bonds. The van der Waals surface area contributed by atoms with Gasteiger partial charge in [0.15, 0.2) is 9.84 Å². The number of aromatic carboxylic acids is 1. The fraction of sp³-hybridized carbons (Fsp3) is 0.154. The van der Waals surface area contributed by atoms with Crippen LogP contribution in [0.4, 0.5) is 4.39 Å². The minimum atomic E-state index is -3.79. The van der Waals surface area contributed by atoms with Gasteiger partial charge in [0.2, 0.25) is 0 Å². The Morgan fingerprint density at radius 1 is 1.40 bits per heavy atom. The Kier molecular flexibility index (Phi) is 3.92. The van der Waals surface area contributed by atoms with Crippen LogP contribution in [-0.2, 0) is 15.6 Å². The highest BCUT2D eigenvalue weighted by molar-refractivity contribution is 7.90. The Balaban J connectivity index is 2.53. The third kappa shape index (κ3) is 2.88. The van der Waals surface area contributed by atoms with E-state index in [9.17, 15) is 17.6 Å². The van der Waals surface area contributed by atoms with E-state index in [2.05, 4.69) is 0 Å². The van der Waals surface area contributed by atoms with Gasteiger partial charge in [0.05, 0.1) is 16.2 Å². The molecule has 20 heavy (non-hydrogen) atoms. The molecule has 0 fully saturated rings. The average Bonchev–Trinajstić information content (AvgIpc) is 2.83. The van der Waals surface area contributed by atoms with Crippen molar-refractivity contribution in [3.05, 3.63) is 51.5 Å². The number of carboxylic acid groups (broad SMARTS) is 1. The molecule has 2 rings (SSSR count). The molecule has 1 aromatic heterocycles. The summed E-state index contributed by atoms with van der Waals surface area (Å²) in [4.78, 5) is 10.6. The molecule has 0 saturated carbocycles. The van der Waals surface area contributed by atoms with Crippen molar-refractivity contribution in [2.45, 2.75) is 17.6 Å². The van der Waals surface area contributed by atoms with Crippen molar-refractivity contribution in [2.24, 2.45) is 0 Å². The number of hydrogen-bond acceptors (Lipinski definition) is 4. The number of carbonyl (C=O) groups is 1.